The van der Waals surface area contributed by atoms with E-state index in [1.165, 1.54) is 29.7 Å². The first-order chi connectivity index (χ1) is 15.0. The number of nitrogens with zero attached hydrogens (tertiary/aromatic N) is 3. The fourth-order valence-electron chi connectivity index (χ4n) is 3.51. The van der Waals surface area contributed by atoms with E-state index in [-0.39, 0.29) is 37.4 Å². The second kappa shape index (κ2) is 8.76. The van der Waals surface area contributed by atoms with Crippen LogP contribution in [0.3, 0.4) is 0 Å². The van der Waals surface area contributed by atoms with Gasteiger partial charge in [-0.05, 0) is 18.2 Å². The van der Waals surface area contributed by atoms with Crippen LogP contribution in [-0.2, 0) is 15.9 Å². The Kier molecular flexibility index (Phi) is 6.44. The Labute approximate surface area is 182 Å². The van der Waals surface area contributed by atoms with Crippen LogP contribution in [0.2, 0.25) is 0 Å². The van der Waals surface area contributed by atoms with Crippen LogP contribution in [0.4, 0.5) is 20.2 Å². The summed E-state index contributed by atoms with van der Waals surface area (Å²) in [6.07, 6.45) is 0. The molecule has 1 aliphatic heterocycles. The number of alkyl halides is 2. The summed E-state index contributed by atoms with van der Waals surface area (Å²) in [5, 5.41) is 20.2. The molecule has 0 saturated carbocycles. The number of nitro groups is 1. The number of amides is 1. The number of nitrogens with one attached hydrogen (secondary N) is 1. The lowest BCUT2D eigenvalue weighted by atomic mass is 10.1. The summed E-state index contributed by atoms with van der Waals surface area (Å²) in [5.74, 6) is -4.27. The molecule has 1 amide bonds. The highest BCUT2D eigenvalue weighted by atomic mass is 32.2. The lowest BCUT2D eigenvalue weighted by Crippen LogP contribution is -2.49. The topological polar surface area (TPSA) is 133 Å². The van der Waals surface area contributed by atoms with Gasteiger partial charge in [0.05, 0.1) is 9.82 Å². The monoisotopic (exact) mass is 470 g/mol. The first kappa shape index (κ1) is 23.5. The Morgan fingerprint density at radius 2 is 1.78 bits per heavy atom. The van der Waals surface area contributed by atoms with Crippen LogP contribution in [0.15, 0.2) is 47.4 Å². The minimum atomic E-state index is -4.22. The van der Waals surface area contributed by atoms with Gasteiger partial charge in [0.25, 0.3) is 17.5 Å². The number of halogens is 2. The molecule has 13 heteroatoms. The van der Waals surface area contributed by atoms with Gasteiger partial charge in [0.15, 0.2) is 0 Å². The summed E-state index contributed by atoms with van der Waals surface area (Å²) in [6.45, 7) is 0.593. The second-order valence-corrected chi connectivity index (χ2v) is 9.08. The maximum absolute atomic E-state index is 13.9. The number of hydrogen-bond acceptors (Lipinski definition) is 7. The van der Waals surface area contributed by atoms with Crippen molar-refractivity contribution in [2.75, 3.05) is 31.1 Å². The molecule has 0 aliphatic carbocycles. The quantitative estimate of drug-likeness (QED) is 0.376. The zero-order valence-corrected chi connectivity index (χ0v) is 17.7. The minimum Gasteiger partial charge on any atom is -0.363 e. The van der Waals surface area contributed by atoms with Crippen LogP contribution in [0.5, 0.6) is 0 Å². The summed E-state index contributed by atoms with van der Waals surface area (Å²) in [4.78, 5) is 23.4. The van der Waals surface area contributed by atoms with Crippen molar-refractivity contribution in [2.45, 2.75) is 17.7 Å². The van der Waals surface area contributed by atoms with Gasteiger partial charge in [0, 0.05) is 50.3 Å². The molecule has 1 saturated heterocycles. The fourth-order valence-corrected chi connectivity index (χ4v) is 5.20. The number of nitro benzene ring substituents is 1. The van der Waals surface area contributed by atoms with Crippen molar-refractivity contribution in [3.05, 3.63) is 63.7 Å². The van der Waals surface area contributed by atoms with Crippen LogP contribution >= 0.6 is 0 Å². The van der Waals surface area contributed by atoms with Crippen molar-refractivity contribution < 1.29 is 32.1 Å². The molecule has 2 aromatic rings. The van der Waals surface area contributed by atoms with Crippen LogP contribution in [0, 0.1) is 10.1 Å². The molecule has 0 atom stereocenters. The van der Waals surface area contributed by atoms with Gasteiger partial charge >= 0.3 is 0 Å². The molecule has 0 spiro atoms. The average Bonchev–Trinajstić information content (AvgIpc) is 2.77. The molecule has 0 unspecified atom stereocenters. The lowest BCUT2D eigenvalue weighted by Gasteiger charge is -2.35. The number of piperazine rings is 1. The molecule has 2 aromatic carbocycles. The van der Waals surface area contributed by atoms with E-state index < -0.39 is 42.9 Å². The van der Waals surface area contributed by atoms with Crippen LogP contribution in [-0.4, -0.2) is 54.9 Å². The maximum atomic E-state index is 13.9. The number of hydroxylamine groups is 1. The van der Waals surface area contributed by atoms with Gasteiger partial charge in [-0.3, -0.25) is 20.1 Å². The Morgan fingerprint density at radius 1 is 1.16 bits per heavy atom. The van der Waals surface area contributed by atoms with Gasteiger partial charge in [-0.15, -0.1) is 0 Å². The predicted molar refractivity (Wildman–Crippen MR) is 109 cm³/mol. The zero-order chi connectivity index (χ0) is 23.7. The third-order valence-corrected chi connectivity index (χ3v) is 7.05. The van der Waals surface area contributed by atoms with Crippen LogP contribution in [0.1, 0.15) is 22.8 Å². The molecular formula is C19H20F2N4O6S. The molecule has 32 heavy (non-hydrogen) atoms. The van der Waals surface area contributed by atoms with Crippen LogP contribution < -0.4 is 10.4 Å². The number of benzene rings is 2. The zero-order valence-electron chi connectivity index (χ0n) is 16.9. The first-order valence-electron chi connectivity index (χ1n) is 9.42. The molecule has 3 rings (SSSR count). The van der Waals surface area contributed by atoms with Crippen molar-refractivity contribution in [1.29, 1.82) is 0 Å². The fraction of sp³-hybridized carbons (Fsp3) is 0.316. The molecule has 0 radical (unpaired) electrons. The van der Waals surface area contributed by atoms with E-state index >= 15 is 0 Å². The molecular weight excluding hydrogens is 450 g/mol. The highest BCUT2D eigenvalue weighted by molar-refractivity contribution is 7.89. The third kappa shape index (κ3) is 4.54. The van der Waals surface area contributed by atoms with Gasteiger partial charge in [-0.1, -0.05) is 18.2 Å². The molecule has 2 N–H and O–H groups in total. The number of rotatable bonds is 6. The van der Waals surface area contributed by atoms with Crippen molar-refractivity contribution >= 4 is 27.3 Å². The summed E-state index contributed by atoms with van der Waals surface area (Å²) < 4.78 is 55.0. The van der Waals surface area contributed by atoms with Gasteiger partial charge in [-0.2, -0.15) is 4.31 Å². The molecule has 1 heterocycles. The second-order valence-electron chi connectivity index (χ2n) is 7.18. The number of sulfonamides is 1. The highest BCUT2D eigenvalue weighted by Crippen LogP contribution is 2.35. The van der Waals surface area contributed by atoms with Gasteiger partial charge in [-0.25, -0.2) is 22.7 Å². The Bertz CT molecular complexity index is 1140. The molecule has 10 nitrogen and oxygen atoms in total. The Hall–Kier alpha value is -3.16. The molecule has 1 fully saturated rings. The lowest BCUT2D eigenvalue weighted by molar-refractivity contribution is -0.384. The van der Waals surface area contributed by atoms with E-state index in [1.807, 2.05) is 0 Å². The van der Waals surface area contributed by atoms with Crippen molar-refractivity contribution in [1.82, 2.24) is 9.79 Å². The Balaban J connectivity index is 1.85. The highest BCUT2D eigenvalue weighted by Gasteiger charge is 2.37. The number of anilines is 1. The van der Waals surface area contributed by atoms with Crippen molar-refractivity contribution in [3.8, 4) is 0 Å². The molecule has 172 valence electrons. The van der Waals surface area contributed by atoms with Gasteiger partial charge in [0.2, 0.25) is 10.0 Å². The number of carbonyl (C=O) groups is 1. The van der Waals surface area contributed by atoms with E-state index in [1.54, 1.807) is 4.90 Å². The SMILES string of the molecule is CC(F)(F)c1ccccc1S(=O)(=O)N1CCN(c2ccc(C(=O)NO)cc2[N+](=O)[O-])CC1. The summed E-state index contributed by atoms with van der Waals surface area (Å²) in [5.41, 5.74) is 0.451. The van der Waals surface area contributed by atoms with E-state index in [4.69, 9.17) is 5.21 Å². The van der Waals surface area contributed by atoms with Crippen molar-refractivity contribution in [2.24, 2.45) is 0 Å². The van der Waals surface area contributed by atoms with E-state index in [0.29, 0.717) is 6.92 Å². The van der Waals surface area contributed by atoms with Gasteiger partial charge in [0.1, 0.15) is 5.69 Å². The molecule has 0 aromatic heterocycles. The summed E-state index contributed by atoms with van der Waals surface area (Å²) in [7, 11) is -4.22. The predicted octanol–water partition coefficient (Wildman–Crippen LogP) is 2.34. The number of carbonyl (C=O) groups excluding carboxylic acids is 1. The number of hydrogen-bond donors (Lipinski definition) is 2. The summed E-state index contributed by atoms with van der Waals surface area (Å²) >= 11 is 0. The van der Waals surface area contributed by atoms with Crippen LogP contribution in [0.25, 0.3) is 0 Å². The Morgan fingerprint density at radius 3 is 2.34 bits per heavy atom. The molecule has 1 aliphatic rings. The first-order valence-corrected chi connectivity index (χ1v) is 10.9. The van der Waals surface area contributed by atoms with E-state index in [9.17, 15) is 32.1 Å². The normalized spacial score (nSPS) is 15.4. The minimum absolute atomic E-state index is 0.0658. The third-order valence-electron chi connectivity index (χ3n) is 5.09. The molecule has 0 bridgehead atoms. The van der Waals surface area contributed by atoms with E-state index in [2.05, 4.69) is 0 Å². The van der Waals surface area contributed by atoms with E-state index in [0.717, 1.165) is 22.5 Å². The van der Waals surface area contributed by atoms with Gasteiger partial charge < -0.3 is 4.90 Å². The smallest absolute Gasteiger partial charge is 0.293 e. The summed E-state index contributed by atoms with van der Waals surface area (Å²) in [6, 6.07) is 8.52. The maximum Gasteiger partial charge on any atom is 0.293 e. The largest absolute Gasteiger partial charge is 0.363 e. The average molecular weight is 470 g/mol. The standard InChI is InChI=1S/C19H20F2N4O6S/c1-19(20,21)14-4-2-3-5-17(14)32(30,31)24-10-8-23(9-11-24)15-7-6-13(18(26)22-27)12-16(15)25(28)29/h2-7,12,27H,8-11H2,1H3,(H,22,26). The van der Waals surface area contributed by atoms with Crippen molar-refractivity contribution in [3.63, 3.8) is 0 Å².